The molecule has 0 atom stereocenters. The van der Waals surface area contributed by atoms with Gasteiger partial charge in [-0.25, -0.2) is 0 Å². The number of fused-ring (bicyclic) bond motifs is 2. The van der Waals surface area contributed by atoms with Crippen LogP contribution < -0.4 is 9.47 Å². The lowest BCUT2D eigenvalue weighted by atomic mass is 10.1. The Morgan fingerprint density at radius 3 is 1.33 bits per heavy atom. The van der Waals surface area contributed by atoms with Crippen LogP contribution in [0.5, 0.6) is 11.5 Å². The molecular formula is C31H26F12N8O4. The molecule has 298 valence electrons. The summed E-state index contributed by atoms with van der Waals surface area (Å²) in [4.78, 5) is 0. The molecule has 4 aromatic heterocycles. The Bertz CT molecular complexity index is 2230. The molecule has 1 N–H and O–H groups in total. The molecule has 0 radical (unpaired) electrons. The Morgan fingerprint density at radius 2 is 0.964 bits per heavy atom. The molecule has 2 aromatic carbocycles. The third kappa shape index (κ3) is 10.5. The van der Waals surface area contributed by atoms with Gasteiger partial charge in [0.25, 0.3) is 11.6 Å². The van der Waals surface area contributed by atoms with Crippen molar-refractivity contribution >= 4 is 11.3 Å². The number of nitrogens with zero attached hydrogens (tertiary/aromatic N) is 8. The van der Waals surface area contributed by atoms with Gasteiger partial charge in [0, 0.05) is 29.4 Å². The molecule has 12 nitrogen and oxygen atoms in total. The van der Waals surface area contributed by atoms with Crippen molar-refractivity contribution in [2.24, 2.45) is 0 Å². The van der Waals surface area contributed by atoms with E-state index in [4.69, 9.17) is 4.74 Å². The zero-order chi connectivity index (χ0) is 38.9. The SMILES string of the molecule is C.C.COCc1cc(-c2ccc3nnc(C(F)(F)F)n3n2)ccc1OC(F)(F)F.OCc1cc(-c2ccc3nnc(C(F)(F)F)n3n2)ccc1OC(F)(F)F. The summed E-state index contributed by atoms with van der Waals surface area (Å²) in [5, 5.41) is 29.7. The van der Waals surface area contributed by atoms with Gasteiger partial charge in [0.05, 0.1) is 24.6 Å². The van der Waals surface area contributed by atoms with Crippen LogP contribution in [0.4, 0.5) is 52.7 Å². The van der Waals surface area contributed by atoms with Crippen LogP contribution in [0.25, 0.3) is 33.8 Å². The number of aliphatic hydroxyl groups is 1. The number of alkyl halides is 12. The van der Waals surface area contributed by atoms with E-state index in [9.17, 15) is 57.8 Å². The van der Waals surface area contributed by atoms with Gasteiger partial charge in [-0.2, -0.15) is 45.6 Å². The van der Waals surface area contributed by atoms with Crippen molar-refractivity contribution in [1.29, 1.82) is 0 Å². The number of hydrogen-bond acceptors (Lipinski definition) is 10. The van der Waals surface area contributed by atoms with E-state index in [-0.39, 0.29) is 66.4 Å². The van der Waals surface area contributed by atoms with Crippen LogP contribution >= 0.6 is 0 Å². The average Bonchev–Trinajstić information content (AvgIpc) is 3.69. The van der Waals surface area contributed by atoms with Crippen LogP contribution in [0.1, 0.15) is 37.6 Å². The smallest absolute Gasteiger partial charge is 0.405 e. The highest BCUT2D eigenvalue weighted by Crippen LogP contribution is 2.34. The van der Waals surface area contributed by atoms with Gasteiger partial charge in [-0.3, -0.25) is 0 Å². The topological polar surface area (TPSA) is 134 Å². The standard InChI is InChI=1S/C15H10F6N4O2.C14H8F6N4O2.2CH4/c1-26-7-9-6-8(2-4-11(9)27-15(19,20)21)10-3-5-12-22-23-13(14(16,17)18)25(12)24-10;15-13(16,17)12-22-21-11-4-2-9(23-24(11)12)7-1-3-10(8(5-7)6-25)26-14(18,19)20;;/h2-6H,7H2,1H3;1-5,25H,6H2;2*1H4. The van der Waals surface area contributed by atoms with Crippen LogP contribution in [-0.2, 0) is 30.3 Å². The van der Waals surface area contributed by atoms with Crippen molar-refractivity contribution in [2.45, 2.75) is 53.1 Å². The maximum absolute atomic E-state index is 13.0. The quantitative estimate of drug-likeness (QED) is 0.157. The molecule has 0 amide bonds. The first kappa shape index (κ1) is 43.6. The van der Waals surface area contributed by atoms with Crippen molar-refractivity contribution in [2.75, 3.05) is 7.11 Å². The molecule has 6 aromatic rings. The Kier molecular flexibility index (Phi) is 12.9. The fourth-order valence-corrected chi connectivity index (χ4v) is 4.56. The minimum atomic E-state index is -4.95. The van der Waals surface area contributed by atoms with Gasteiger partial charge in [0.2, 0.25) is 0 Å². The van der Waals surface area contributed by atoms with Crippen molar-refractivity contribution < 1.29 is 72.0 Å². The van der Waals surface area contributed by atoms with Gasteiger partial charge >= 0.3 is 25.1 Å². The summed E-state index contributed by atoms with van der Waals surface area (Å²) < 4.78 is 166. The van der Waals surface area contributed by atoms with E-state index in [0.29, 0.717) is 9.03 Å². The minimum Gasteiger partial charge on any atom is -0.405 e. The summed E-state index contributed by atoms with van der Waals surface area (Å²) in [6.45, 7) is -0.982. The summed E-state index contributed by atoms with van der Waals surface area (Å²) in [5.41, 5.74) is 0.0867. The Balaban J connectivity index is 0.000000285. The lowest BCUT2D eigenvalue weighted by Gasteiger charge is -2.14. The molecule has 4 heterocycles. The molecular weight excluding hydrogens is 776 g/mol. The monoisotopic (exact) mass is 802 g/mol. The largest absolute Gasteiger partial charge is 0.573 e. The molecule has 0 aliphatic heterocycles. The molecule has 0 unspecified atom stereocenters. The lowest BCUT2D eigenvalue weighted by molar-refractivity contribution is -0.276. The van der Waals surface area contributed by atoms with Gasteiger partial charge in [0.1, 0.15) is 11.5 Å². The molecule has 0 saturated heterocycles. The lowest BCUT2D eigenvalue weighted by Crippen LogP contribution is -2.18. The van der Waals surface area contributed by atoms with E-state index in [0.717, 1.165) is 18.2 Å². The summed E-state index contributed by atoms with van der Waals surface area (Å²) in [5.74, 6) is -3.75. The number of halogens is 12. The molecule has 24 heteroatoms. The highest BCUT2D eigenvalue weighted by molar-refractivity contribution is 5.64. The fourth-order valence-electron chi connectivity index (χ4n) is 4.56. The second-order valence-corrected chi connectivity index (χ2v) is 10.4. The number of aliphatic hydroxyl groups excluding tert-OH is 1. The highest BCUT2D eigenvalue weighted by atomic mass is 19.4. The number of rotatable bonds is 7. The summed E-state index contributed by atoms with van der Waals surface area (Å²) >= 11 is 0. The van der Waals surface area contributed by atoms with Crippen LogP contribution in [0, 0.1) is 0 Å². The maximum Gasteiger partial charge on any atom is 0.573 e. The average molecular weight is 803 g/mol. The van der Waals surface area contributed by atoms with Gasteiger partial charge in [-0.15, -0.1) is 46.7 Å². The molecule has 0 bridgehead atoms. The Morgan fingerprint density at radius 1 is 0.564 bits per heavy atom. The van der Waals surface area contributed by atoms with Crippen molar-refractivity contribution in [3.05, 3.63) is 83.4 Å². The molecule has 0 aliphatic carbocycles. The second kappa shape index (κ2) is 16.3. The molecule has 55 heavy (non-hydrogen) atoms. The number of benzene rings is 2. The van der Waals surface area contributed by atoms with E-state index in [2.05, 4.69) is 40.1 Å². The van der Waals surface area contributed by atoms with Crippen molar-refractivity contribution in [1.82, 2.24) is 39.6 Å². The maximum atomic E-state index is 13.0. The van der Waals surface area contributed by atoms with Crippen LogP contribution in [0.15, 0.2) is 60.7 Å². The Hall–Kier alpha value is -5.78. The highest BCUT2D eigenvalue weighted by Gasteiger charge is 2.39. The number of methoxy groups -OCH3 is 1. The van der Waals surface area contributed by atoms with Gasteiger partial charge in [-0.05, 0) is 60.7 Å². The molecule has 0 fully saturated rings. The summed E-state index contributed by atoms with van der Waals surface area (Å²) in [6, 6.07) is 12.0. The van der Waals surface area contributed by atoms with E-state index in [1.807, 2.05) is 0 Å². The number of hydrogen-bond donors (Lipinski definition) is 1. The third-order valence-electron chi connectivity index (χ3n) is 6.67. The fraction of sp³-hybridized carbons (Fsp3) is 0.290. The Labute approximate surface area is 300 Å². The zero-order valence-corrected chi connectivity index (χ0v) is 26.0. The zero-order valence-electron chi connectivity index (χ0n) is 26.0. The van der Waals surface area contributed by atoms with Crippen LogP contribution in [0.2, 0.25) is 0 Å². The van der Waals surface area contributed by atoms with E-state index in [1.54, 1.807) is 0 Å². The summed E-state index contributed by atoms with van der Waals surface area (Å²) in [7, 11) is 1.28. The first-order valence-corrected chi connectivity index (χ1v) is 14.1. The van der Waals surface area contributed by atoms with Gasteiger partial charge in [0.15, 0.2) is 11.3 Å². The second-order valence-electron chi connectivity index (χ2n) is 10.4. The van der Waals surface area contributed by atoms with Crippen molar-refractivity contribution in [3.8, 4) is 34.0 Å². The van der Waals surface area contributed by atoms with Gasteiger partial charge < -0.3 is 19.3 Å². The first-order chi connectivity index (χ1) is 24.7. The molecule has 0 spiro atoms. The van der Waals surface area contributed by atoms with E-state index < -0.39 is 54.8 Å². The van der Waals surface area contributed by atoms with Gasteiger partial charge in [-0.1, -0.05) is 14.9 Å². The normalized spacial score (nSPS) is 12.1. The van der Waals surface area contributed by atoms with E-state index >= 15 is 0 Å². The predicted octanol–water partition coefficient (Wildman–Crippen LogP) is 8.33. The first-order valence-electron chi connectivity index (χ1n) is 14.1. The van der Waals surface area contributed by atoms with Crippen molar-refractivity contribution in [3.63, 3.8) is 0 Å². The molecule has 0 aliphatic rings. The number of aromatic nitrogens is 8. The number of ether oxygens (including phenoxy) is 3. The van der Waals surface area contributed by atoms with E-state index in [1.165, 1.54) is 49.6 Å². The molecule has 6 rings (SSSR count). The van der Waals surface area contributed by atoms with Crippen LogP contribution in [-0.4, -0.2) is 64.6 Å². The molecule has 0 saturated carbocycles. The third-order valence-corrected chi connectivity index (χ3v) is 6.67. The summed E-state index contributed by atoms with van der Waals surface area (Å²) in [6.07, 6.45) is -19.4. The minimum absolute atomic E-state index is 0. The van der Waals surface area contributed by atoms with Crippen LogP contribution in [0.3, 0.4) is 0 Å². The predicted molar refractivity (Wildman–Crippen MR) is 166 cm³/mol.